The van der Waals surface area contributed by atoms with Crippen molar-refractivity contribution in [1.29, 1.82) is 0 Å². The summed E-state index contributed by atoms with van der Waals surface area (Å²) in [6.45, 7) is 8.76. The monoisotopic (exact) mass is 592 g/mol. The predicted octanol–water partition coefficient (Wildman–Crippen LogP) is 4.09. The number of piperazine rings is 1. The van der Waals surface area contributed by atoms with Crippen LogP contribution in [-0.4, -0.2) is 85.6 Å². The Bertz CT molecular complexity index is 1420. The van der Waals surface area contributed by atoms with E-state index in [0.717, 1.165) is 73.1 Å². The van der Waals surface area contributed by atoms with Crippen LogP contribution in [0.3, 0.4) is 0 Å². The highest BCUT2D eigenvalue weighted by Gasteiger charge is 2.41. The number of rotatable bonds is 8. The summed E-state index contributed by atoms with van der Waals surface area (Å²) in [5, 5.41) is 13.6. The summed E-state index contributed by atoms with van der Waals surface area (Å²) >= 11 is 1.47. The Morgan fingerprint density at radius 2 is 1.93 bits per heavy atom. The summed E-state index contributed by atoms with van der Waals surface area (Å²) in [5.41, 5.74) is 2.72. The molecule has 2 amide bonds. The lowest BCUT2D eigenvalue weighted by atomic mass is 9.78. The summed E-state index contributed by atoms with van der Waals surface area (Å²) in [4.78, 5) is 43.4. The number of anilines is 1. The normalized spacial score (nSPS) is 26.5. The number of thiazole rings is 1. The highest BCUT2D eigenvalue weighted by molar-refractivity contribution is 7.22. The third-order valence-electron chi connectivity index (χ3n) is 8.94. The summed E-state index contributed by atoms with van der Waals surface area (Å²) in [6.07, 6.45) is 7.38. The van der Waals surface area contributed by atoms with Crippen LogP contribution < -0.4 is 5.32 Å². The number of benzene rings is 1. The Morgan fingerprint density at radius 1 is 1.14 bits per heavy atom. The summed E-state index contributed by atoms with van der Waals surface area (Å²) in [6, 6.07) is 6.69. The van der Waals surface area contributed by atoms with Gasteiger partial charge in [0.1, 0.15) is 6.61 Å². The van der Waals surface area contributed by atoms with Crippen LogP contribution in [0.1, 0.15) is 58.7 Å². The zero-order chi connectivity index (χ0) is 29.4. The van der Waals surface area contributed by atoms with Crippen LogP contribution in [-0.2, 0) is 20.9 Å². The van der Waals surface area contributed by atoms with Crippen molar-refractivity contribution in [3.8, 4) is 11.1 Å². The molecule has 10 nitrogen and oxygen atoms in total. The van der Waals surface area contributed by atoms with Gasteiger partial charge in [-0.2, -0.15) is 0 Å². The molecule has 0 bridgehead atoms. The minimum atomic E-state index is -0.394. The summed E-state index contributed by atoms with van der Waals surface area (Å²) in [5.74, 6) is 0.861. The molecule has 0 spiro atoms. The second kappa shape index (κ2) is 12.3. The van der Waals surface area contributed by atoms with Crippen molar-refractivity contribution in [1.82, 2.24) is 24.8 Å². The first-order valence-electron chi connectivity index (χ1n) is 15.1. The molecule has 3 aromatic rings. The lowest BCUT2D eigenvalue weighted by Gasteiger charge is -2.49. The third kappa shape index (κ3) is 6.20. The van der Waals surface area contributed by atoms with Gasteiger partial charge >= 0.3 is 0 Å². The molecule has 2 N–H and O–H groups in total. The molecule has 2 aromatic heterocycles. The van der Waals surface area contributed by atoms with Crippen molar-refractivity contribution in [3.63, 3.8) is 0 Å². The molecule has 3 aliphatic rings. The maximum atomic E-state index is 13.0. The number of fused-ring (bicyclic) bond motifs is 1. The molecule has 224 valence electrons. The van der Waals surface area contributed by atoms with Crippen LogP contribution in [0.15, 0.2) is 30.6 Å². The van der Waals surface area contributed by atoms with E-state index in [9.17, 15) is 14.7 Å². The first-order valence-corrected chi connectivity index (χ1v) is 15.9. The van der Waals surface area contributed by atoms with E-state index in [-0.39, 0.29) is 36.4 Å². The molecule has 1 aliphatic heterocycles. The highest BCUT2D eigenvalue weighted by atomic mass is 32.1. The number of carbonyl (C=O) groups is 2. The first kappa shape index (κ1) is 29.1. The molecule has 11 heteroatoms. The SMILES string of the molecule is CC(C)C(=O)N1CCN(C2CC(C(=O)Nc3nc4ccc(-c5cnc(CO[C@H]6CCC[C@@H]6O)nc5)cc4s3)C2)[C@@H](C)C1. The van der Waals surface area contributed by atoms with Gasteiger partial charge in [0, 0.05) is 61.5 Å². The smallest absolute Gasteiger partial charge is 0.229 e. The van der Waals surface area contributed by atoms with Crippen molar-refractivity contribution in [3.05, 3.63) is 36.4 Å². The molecule has 0 unspecified atom stereocenters. The topological polar surface area (TPSA) is 121 Å². The lowest BCUT2D eigenvalue weighted by Crippen LogP contribution is -2.60. The number of carbonyl (C=O) groups excluding carboxylic acids is 2. The molecule has 3 heterocycles. The molecule has 2 aliphatic carbocycles. The third-order valence-corrected chi connectivity index (χ3v) is 9.87. The van der Waals surface area contributed by atoms with Crippen molar-refractivity contribution in [2.75, 3.05) is 25.0 Å². The van der Waals surface area contributed by atoms with Gasteiger partial charge in [-0.15, -0.1) is 0 Å². The molecule has 1 saturated heterocycles. The average molecular weight is 593 g/mol. The van der Waals surface area contributed by atoms with Crippen LogP contribution in [0.4, 0.5) is 5.13 Å². The van der Waals surface area contributed by atoms with Crippen LogP contribution in [0.25, 0.3) is 21.3 Å². The maximum Gasteiger partial charge on any atom is 0.229 e. The van der Waals surface area contributed by atoms with Crippen LogP contribution in [0.2, 0.25) is 0 Å². The number of amides is 2. The summed E-state index contributed by atoms with van der Waals surface area (Å²) in [7, 11) is 0. The van der Waals surface area contributed by atoms with E-state index < -0.39 is 6.10 Å². The quantitative estimate of drug-likeness (QED) is 0.401. The van der Waals surface area contributed by atoms with Gasteiger partial charge in [0.25, 0.3) is 0 Å². The molecule has 3 fully saturated rings. The number of aliphatic hydroxyl groups is 1. The van der Waals surface area contributed by atoms with Gasteiger partial charge in [-0.25, -0.2) is 15.0 Å². The van der Waals surface area contributed by atoms with E-state index in [1.54, 1.807) is 12.4 Å². The molecule has 42 heavy (non-hydrogen) atoms. The van der Waals surface area contributed by atoms with Gasteiger partial charge in [-0.05, 0) is 56.7 Å². The molecule has 1 aromatic carbocycles. The second-order valence-electron chi connectivity index (χ2n) is 12.3. The highest BCUT2D eigenvalue weighted by Crippen LogP contribution is 2.36. The molecule has 2 saturated carbocycles. The number of aliphatic hydroxyl groups excluding tert-OH is 1. The minimum Gasteiger partial charge on any atom is -0.390 e. The number of ether oxygens (including phenoxy) is 1. The van der Waals surface area contributed by atoms with E-state index in [2.05, 4.69) is 38.2 Å². The van der Waals surface area contributed by atoms with Gasteiger partial charge in [0.15, 0.2) is 11.0 Å². The molecule has 6 rings (SSSR count). The number of hydrogen-bond acceptors (Lipinski definition) is 9. The first-order chi connectivity index (χ1) is 20.2. The fourth-order valence-corrected chi connectivity index (χ4v) is 7.29. The van der Waals surface area contributed by atoms with Gasteiger partial charge < -0.3 is 20.1 Å². The van der Waals surface area contributed by atoms with Crippen LogP contribution in [0, 0.1) is 11.8 Å². The minimum absolute atomic E-state index is 0.0170. The van der Waals surface area contributed by atoms with E-state index in [4.69, 9.17) is 4.74 Å². The Balaban J connectivity index is 1.01. The van der Waals surface area contributed by atoms with Crippen LogP contribution in [0.5, 0.6) is 0 Å². The Labute approximate surface area is 250 Å². The van der Waals surface area contributed by atoms with Gasteiger partial charge in [0.2, 0.25) is 11.8 Å². The van der Waals surface area contributed by atoms with E-state index in [0.29, 0.717) is 23.0 Å². The Kier molecular flexibility index (Phi) is 8.53. The van der Waals surface area contributed by atoms with Gasteiger partial charge in [-0.1, -0.05) is 31.3 Å². The van der Waals surface area contributed by atoms with Gasteiger partial charge in [-0.3, -0.25) is 14.5 Å². The van der Waals surface area contributed by atoms with Crippen molar-refractivity contribution < 1.29 is 19.4 Å². The number of aromatic nitrogens is 3. The zero-order valence-corrected chi connectivity index (χ0v) is 25.3. The molecule has 0 radical (unpaired) electrons. The average Bonchev–Trinajstić information content (AvgIpc) is 3.55. The van der Waals surface area contributed by atoms with Crippen molar-refractivity contribution >= 4 is 38.5 Å². The van der Waals surface area contributed by atoms with E-state index in [1.807, 2.05) is 30.9 Å². The van der Waals surface area contributed by atoms with Crippen molar-refractivity contribution in [2.24, 2.45) is 11.8 Å². The van der Waals surface area contributed by atoms with Crippen molar-refractivity contribution in [2.45, 2.75) is 83.8 Å². The van der Waals surface area contributed by atoms with E-state index >= 15 is 0 Å². The molecule has 3 atom stereocenters. The Morgan fingerprint density at radius 3 is 2.62 bits per heavy atom. The number of hydrogen-bond donors (Lipinski definition) is 2. The summed E-state index contributed by atoms with van der Waals surface area (Å²) < 4.78 is 6.78. The lowest BCUT2D eigenvalue weighted by molar-refractivity contribution is -0.139. The fourth-order valence-electron chi connectivity index (χ4n) is 6.38. The largest absolute Gasteiger partial charge is 0.390 e. The maximum absolute atomic E-state index is 13.0. The standard InChI is InChI=1S/C31H40N6O4S/c1-18(2)30(40)36-9-10-37(19(3)16-36)23-11-21(12-23)29(39)35-31-34-24-8-7-20(13-27(24)42-31)22-14-32-28(33-15-22)17-41-26-6-4-5-25(26)38/h7-8,13-15,18-19,21,23,25-26,38H,4-6,9-12,16-17H2,1-3H3,(H,34,35,39)/t19-,21?,23?,25-,26-/m0/s1. The van der Waals surface area contributed by atoms with E-state index in [1.165, 1.54) is 11.3 Å². The number of nitrogens with one attached hydrogen (secondary N) is 1. The Hall–Kier alpha value is -2.99. The molecular formula is C31H40N6O4S. The number of nitrogens with zero attached hydrogens (tertiary/aromatic N) is 5. The predicted molar refractivity (Wildman–Crippen MR) is 162 cm³/mol. The van der Waals surface area contributed by atoms with Gasteiger partial charge in [0.05, 0.1) is 22.4 Å². The van der Waals surface area contributed by atoms with Crippen LogP contribution >= 0.6 is 11.3 Å². The second-order valence-corrected chi connectivity index (χ2v) is 13.3. The fraction of sp³-hybridized carbons (Fsp3) is 0.581. The zero-order valence-electron chi connectivity index (χ0n) is 24.5. The molecular weight excluding hydrogens is 552 g/mol.